The molecular weight excluding hydrogens is 480 g/mol. The molecule has 10 heteroatoms. The molecule has 0 spiro atoms. The van der Waals surface area contributed by atoms with E-state index in [1.54, 1.807) is 18.5 Å². The highest BCUT2D eigenvalue weighted by atomic mass is 16.2. The van der Waals surface area contributed by atoms with E-state index in [1.165, 1.54) is 5.69 Å². The number of carbonyl (C=O) groups excluding carboxylic acids is 2. The first-order chi connectivity index (χ1) is 18.2. The smallest absolute Gasteiger partial charge is 0.257 e. The highest BCUT2D eigenvalue weighted by Gasteiger charge is 2.39. The molecule has 0 unspecified atom stereocenters. The number of anilines is 2. The van der Waals surface area contributed by atoms with Gasteiger partial charge in [-0.05, 0) is 56.8 Å². The zero-order valence-corrected chi connectivity index (χ0v) is 22.1. The van der Waals surface area contributed by atoms with E-state index in [4.69, 9.17) is 0 Å². The van der Waals surface area contributed by atoms with Gasteiger partial charge in [0.05, 0.1) is 46.8 Å². The Balaban J connectivity index is 1.19. The van der Waals surface area contributed by atoms with E-state index in [1.807, 2.05) is 37.0 Å². The third-order valence-corrected chi connectivity index (χ3v) is 7.62. The number of likely N-dealkylation sites (tertiary alicyclic amines) is 1. The third-order valence-electron chi connectivity index (χ3n) is 7.62. The van der Waals surface area contributed by atoms with Crippen LogP contribution in [0.4, 0.5) is 11.4 Å². The first-order valence-corrected chi connectivity index (χ1v) is 13.0. The molecule has 10 nitrogen and oxygen atoms in total. The molecule has 0 aromatic carbocycles. The van der Waals surface area contributed by atoms with Crippen molar-refractivity contribution in [1.29, 1.82) is 0 Å². The van der Waals surface area contributed by atoms with Crippen LogP contribution in [0.5, 0.6) is 0 Å². The van der Waals surface area contributed by atoms with Crippen LogP contribution in [0.3, 0.4) is 0 Å². The molecule has 3 N–H and O–H groups in total. The molecule has 6 rings (SSSR count). The minimum Gasteiger partial charge on any atom is -0.339 e. The summed E-state index contributed by atoms with van der Waals surface area (Å²) in [6.45, 7) is 7.97. The van der Waals surface area contributed by atoms with Crippen LogP contribution in [0, 0.1) is 12.3 Å². The third kappa shape index (κ3) is 4.45. The van der Waals surface area contributed by atoms with E-state index in [9.17, 15) is 9.59 Å². The lowest BCUT2D eigenvalue weighted by Gasteiger charge is -2.19. The summed E-state index contributed by atoms with van der Waals surface area (Å²) < 4.78 is 2.05. The van der Waals surface area contributed by atoms with Crippen LogP contribution in [-0.2, 0) is 17.8 Å². The van der Waals surface area contributed by atoms with Crippen LogP contribution in [0.15, 0.2) is 36.8 Å². The molecular formula is C28H32N8O2. The average molecular weight is 513 g/mol. The molecule has 0 radical (unpaired) electrons. The van der Waals surface area contributed by atoms with Gasteiger partial charge in [-0.1, -0.05) is 13.8 Å². The quantitative estimate of drug-likeness (QED) is 0.372. The van der Waals surface area contributed by atoms with Gasteiger partial charge in [0.25, 0.3) is 5.91 Å². The predicted molar refractivity (Wildman–Crippen MR) is 146 cm³/mol. The van der Waals surface area contributed by atoms with Crippen molar-refractivity contribution >= 4 is 34.2 Å². The van der Waals surface area contributed by atoms with Crippen molar-refractivity contribution < 1.29 is 9.59 Å². The fourth-order valence-electron chi connectivity index (χ4n) is 5.74. The highest BCUT2D eigenvalue weighted by Crippen LogP contribution is 2.33. The van der Waals surface area contributed by atoms with Gasteiger partial charge in [-0.3, -0.25) is 24.2 Å². The van der Waals surface area contributed by atoms with Gasteiger partial charge < -0.3 is 15.6 Å². The van der Waals surface area contributed by atoms with Crippen LogP contribution in [0.25, 0.3) is 22.3 Å². The van der Waals surface area contributed by atoms with Crippen molar-refractivity contribution in [2.75, 3.05) is 24.2 Å². The molecule has 1 fully saturated rings. The van der Waals surface area contributed by atoms with Crippen molar-refractivity contribution in [1.82, 2.24) is 29.6 Å². The number of rotatable bonds is 5. The number of amides is 2. The number of nitrogens with zero attached hydrogens (tertiary/aromatic N) is 5. The fourth-order valence-corrected chi connectivity index (χ4v) is 5.74. The summed E-state index contributed by atoms with van der Waals surface area (Å²) >= 11 is 0. The maximum Gasteiger partial charge on any atom is 0.257 e. The SMILES string of the molecule is Cc1ncc(NC(=O)[C@@H]2CC(C)(C)CN2C)cc1NC(=O)c1cnc2[nH]c(-c3cnn4c3CCC4)cc2c1. The molecule has 0 aliphatic carbocycles. The molecule has 1 atom stereocenters. The summed E-state index contributed by atoms with van der Waals surface area (Å²) in [5.74, 6) is -0.359. The van der Waals surface area contributed by atoms with Gasteiger partial charge in [-0.15, -0.1) is 0 Å². The van der Waals surface area contributed by atoms with Gasteiger partial charge in [0.2, 0.25) is 5.91 Å². The maximum atomic E-state index is 13.2. The van der Waals surface area contributed by atoms with Crippen molar-refractivity contribution in [2.45, 2.75) is 52.6 Å². The Hall–Kier alpha value is -4.05. The summed E-state index contributed by atoms with van der Waals surface area (Å²) in [5.41, 5.74) is 6.26. The average Bonchev–Trinajstić information content (AvgIpc) is 3.63. The Kier molecular flexibility index (Phi) is 5.79. The predicted octanol–water partition coefficient (Wildman–Crippen LogP) is 4.00. The Bertz CT molecular complexity index is 1570. The number of pyridine rings is 2. The zero-order chi connectivity index (χ0) is 26.6. The van der Waals surface area contributed by atoms with E-state index in [2.05, 4.69) is 49.4 Å². The highest BCUT2D eigenvalue weighted by molar-refractivity contribution is 6.06. The van der Waals surface area contributed by atoms with Crippen molar-refractivity contribution in [3.05, 3.63) is 53.7 Å². The number of aryl methyl sites for hydroxylation is 2. The molecule has 4 aromatic rings. The largest absolute Gasteiger partial charge is 0.339 e. The normalized spacial score (nSPS) is 18.6. The number of aromatic nitrogens is 5. The Morgan fingerprint density at radius 1 is 1.11 bits per heavy atom. The Morgan fingerprint density at radius 3 is 2.74 bits per heavy atom. The van der Waals surface area contributed by atoms with Gasteiger partial charge in [0.1, 0.15) is 5.65 Å². The first-order valence-electron chi connectivity index (χ1n) is 13.0. The van der Waals surface area contributed by atoms with E-state index < -0.39 is 0 Å². The number of carbonyl (C=O) groups is 2. The second kappa shape index (κ2) is 9.05. The summed E-state index contributed by atoms with van der Waals surface area (Å²) in [6, 6.07) is 5.39. The van der Waals surface area contributed by atoms with Crippen LogP contribution in [0.2, 0.25) is 0 Å². The number of likely N-dealkylation sites (N-methyl/N-ethyl adjacent to an activating group) is 1. The van der Waals surface area contributed by atoms with E-state index in [-0.39, 0.29) is 23.3 Å². The van der Waals surface area contributed by atoms with Gasteiger partial charge >= 0.3 is 0 Å². The molecule has 6 heterocycles. The number of hydrogen-bond donors (Lipinski definition) is 3. The lowest BCUT2D eigenvalue weighted by molar-refractivity contribution is -0.120. The number of aromatic amines is 1. The first kappa shape index (κ1) is 24.3. The second-order valence-electron chi connectivity index (χ2n) is 11.3. The van der Waals surface area contributed by atoms with Crippen molar-refractivity contribution in [2.24, 2.45) is 5.41 Å². The Labute approximate surface area is 220 Å². The number of nitrogens with one attached hydrogen (secondary N) is 3. The van der Waals surface area contributed by atoms with Gasteiger partial charge in [0, 0.05) is 35.9 Å². The lowest BCUT2D eigenvalue weighted by atomic mass is 9.90. The van der Waals surface area contributed by atoms with Gasteiger partial charge in [-0.2, -0.15) is 5.10 Å². The van der Waals surface area contributed by atoms with Crippen molar-refractivity contribution in [3.63, 3.8) is 0 Å². The number of fused-ring (bicyclic) bond motifs is 2. The van der Waals surface area contributed by atoms with Gasteiger partial charge in [-0.25, -0.2) is 4.98 Å². The van der Waals surface area contributed by atoms with Crippen LogP contribution in [-0.4, -0.2) is 61.1 Å². The topological polar surface area (TPSA) is 121 Å². The maximum absolute atomic E-state index is 13.2. The van der Waals surface area contributed by atoms with Crippen LogP contribution < -0.4 is 10.6 Å². The van der Waals surface area contributed by atoms with E-state index in [0.29, 0.717) is 22.6 Å². The summed E-state index contributed by atoms with van der Waals surface area (Å²) in [4.78, 5) is 40.4. The fraction of sp³-hybridized carbons (Fsp3) is 0.393. The standard InChI is InChI=1S/C28H32N8O2/c1-16-21(10-19(13-29-16)32-27(38)24-11-28(2,3)15-35(24)4)34-26(37)18-8-17-9-22(33-25(17)30-12-18)20-14-31-36-7-5-6-23(20)36/h8-10,12-14,24H,5-7,11,15H2,1-4H3,(H,30,33)(H,32,38)(H,34,37)/t24-/m0/s1. The molecule has 0 bridgehead atoms. The molecule has 2 aliphatic heterocycles. The Morgan fingerprint density at radius 2 is 1.95 bits per heavy atom. The molecule has 1 saturated heterocycles. The molecule has 38 heavy (non-hydrogen) atoms. The van der Waals surface area contributed by atoms with Crippen LogP contribution >= 0.6 is 0 Å². The second-order valence-corrected chi connectivity index (χ2v) is 11.3. The number of H-pyrrole nitrogens is 1. The monoisotopic (exact) mass is 512 g/mol. The molecule has 196 valence electrons. The minimum absolute atomic E-state index is 0.0667. The summed E-state index contributed by atoms with van der Waals surface area (Å²) in [7, 11) is 1.97. The van der Waals surface area contributed by atoms with E-state index in [0.717, 1.165) is 54.6 Å². The molecule has 0 saturated carbocycles. The van der Waals surface area contributed by atoms with Crippen LogP contribution in [0.1, 0.15) is 48.4 Å². The van der Waals surface area contributed by atoms with Crippen molar-refractivity contribution in [3.8, 4) is 11.3 Å². The molecule has 2 amide bonds. The summed E-state index contributed by atoms with van der Waals surface area (Å²) in [6.07, 6.45) is 7.97. The number of hydrogen-bond acceptors (Lipinski definition) is 6. The zero-order valence-electron chi connectivity index (χ0n) is 22.1. The van der Waals surface area contributed by atoms with Gasteiger partial charge in [0.15, 0.2) is 0 Å². The molecule has 4 aromatic heterocycles. The van der Waals surface area contributed by atoms with E-state index >= 15 is 0 Å². The summed E-state index contributed by atoms with van der Waals surface area (Å²) in [5, 5.41) is 11.2. The lowest BCUT2D eigenvalue weighted by Crippen LogP contribution is -2.37. The minimum atomic E-state index is -0.292. The molecule has 2 aliphatic rings.